The number of fused-ring (bicyclic) bond motifs is 1. The Morgan fingerprint density at radius 1 is 1.35 bits per heavy atom. The number of aryl methyl sites for hydroxylation is 3. The molecule has 0 aliphatic heterocycles. The van der Waals surface area contributed by atoms with Crippen molar-refractivity contribution < 1.29 is 9.32 Å². The number of aromatic nitrogens is 3. The zero-order valence-corrected chi connectivity index (χ0v) is 14.8. The first-order valence-corrected chi connectivity index (χ1v) is 8.77. The van der Waals surface area contributed by atoms with Crippen LogP contribution in [0.4, 0.5) is 5.82 Å². The highest BCUT2D eigenvalue weighted by Crippen LogP contribution is 2.36. The van der Waals surface area contributed by atoms with E-state index in [0.29, 0.717) is 11.6 Å². The van der Waals surface area contributed by atoms with E-state index < -0.39 is 0 Å². The Labute approximate surface area is 141 Å². The average molecular weight is 348 g/mol. The van der Waals surface area contributed by atoms with Gasteiger partial charge in [-0.2, -0.15) is 0 Å². The molecule has 0 bridgehead atoms. The zero-order chi connectivity index (χ0) is 16.6. The van der Waals surface area contributed by atoms with Gasteiger partial charge in [0.05, 0.1) is 5.25 Å². The molecular formula is C15H16N4O2S2. The SMILES string of the molecule is Cc1cc(NC(=O)[C@H](C)Sc2ncnc3sc(C)c(C)c23)no1. The molecule has 1 amide bonds. The summed E-state index contributed by atoms with van der Waals surface area (Å²) in [5.41, 5.74) is 1.17. The minimum absolute atomic E-state index is 0.139. The van der Waals surface area contributed by atoms with E-state index in [0.717, 1.165) is 15.2 Å². The number of rotatable bonds is 4. The van der Waals surface area contributed by atoms with Crippen LogP contribution in [-0.2, 0) is 4.79 Å². The summed E-state index contributed by atoms with van der Waals surface area (Å²) in [5.74, 6) is 0.942. The number of carbonyl (C=O) groups excluding carboxylic acids is 1. The number of carbonyl (C=O) groups is 1. The van der Waals surface area contributed by atoms with E-state index in [2.05, 4.69) is 34.3 Å². The highest BCUT2D eigenvalue weighted by Gasteiger charge is 2.20. The van der Waals surface area contributed by atoms with Crippen molar-refractivity contribution in [3.63, 3.8) is 0 Å². The van der Waals surface area contributed by atoms with Crippen LogP contribution in [0.3, 0.4) is 0 Å². The predicted octanol–water partition coefficient (Wildman–Crippen LogP) is 3.72. The summed E-state index contributed by atoms with van der Waals surface area (Å²) >= 11 is 3.07. The molecule has 0 saturated carbocycles. The topological polar surface area (TPSA) is 80.9 Å². The van der Waals surface area contributed by atoms with Gasteiger partial charge < -0.3 is 9.84 Å². The molecule has 8 heteroatoms. The lowest BCUT2D eigenvalue weighted by molar-refractivity contribution is -0.115. The number of amides is 1. The Bertz CT molecular complexity index is 872. The number of thioether (sulfide) groups is 1. The molecule has 0 aliphatic rings. The van der Waals surface area contributed by atoms with Crippen LogP contribution in [-0.4, -0.2) is 26.3 Å². The summed E-state index contributed by atoms with van der Waals surface area (Å²) < 4.78 is 4.95. The van der Waals surface area contributed by atoms with Gasteiger partial charge in [0, 0.05) is 16.3 Å². The molecule has 1 N–H and O–H groups in total. The van der Waals surface area contributed by atoms with Crippen molar-refractivity contribution in [2.24, 2.45) is 0 Å². The van der Waals surface area contributed by atoms with Gasteiger partial charge in [0.15, 0.2) is 5.82 Å². The molecule has 0 aromatic carbocycles. The van der Waals surface area contributed by atoms with Gasteiger partial charge in [0.1, 0.15) is 21.9 Å². The fraction of sp³-hybridized carbons (Fsp3) is 0.333. The third-order valence-corrected chi connectivity index (χ3v) is 5.68. The summed E-state index contributed by atoms with van der Waals surface area (Å²) in [4.78, 5) is 23.1. The summed E-state index contributed by atoms with van der Waals surface area (Å²) in [5, 5.41) is 8.07. The number of nitrogens with one attached hydrogen (secondary N) is 1. The Hall–Kier alpha value is -1.93. The lowest BCUT2D eigenvalue weighted by Crippen LogP contribution is -2.22. The van der Waals surface area contributed by atoms with Crippen LogP contribution in [0.15, 0.2) is 21.9 Å². The first kappa shape index (κ1) is 15.9. The molecule has 3 heterocycles. The van der Waals surface area contributed by atoms with Crippen LogP contribution < -0.4 is 5.32 Å². The number of anilines is 1. The maximum atomic E-state index is 12.3. The Morgan fingerprint density at radius 2 is 2.13 bits per heavy atom. The minimum atomic E-state index is -0.315. The van der Waals surface area contributed by atoms with E-state index in [1.54, 1.807) is 30.7 Å². The van der Waals surface area contributed by atoms with Crippen molar-refractivity contribution >= 4 is 45.0 Å². The van der Waals surface area contributed by atoms with Gasteiger partial charge >= 0.3 is 0 Å². The van der Waals surface area contributed by atoms with E-state index in [4.69, 9.17) is 4.52 Å². The van der Waals surface area contributed by atoms with Gasteiger partial charge in [-0.1, -0.05) is 16.9 Å². The molecule has 0 saturated heterocycles. The maximum absolute atomic E-state index is 12.3. The average Bonchev–Trinajstić information content (AvgIpc) is 3.03. The van der Waals surface area contributed by atoms with Crippen molar-refractivity contribution in [1.29, 1.82) is 0 Å². The fourth-order valence-corrected chi connectivity index (χ4v) is 4.15. The second-order valence-electron chi connectivity index (χ2n) is 5.21. The van der Waals surface area contributed by atoms with Crippen LogP contribution >= 0.6 is 23.1 Å². The zero-order valence-electron chi connectivity index (χ0n) is 13.2. The van der Waals surface area contributed by atoms with Crippen molar-refractivity contribution in [1.82, 2.24) is 15.1 Å². The van der Waals surface area contributed by atoms with E-state index >= 15 is 0 Å². The number of hydrogen-bond donors (Lipinski definition) is 1. The second kappa shape index (κ2) is 6.29. The van der Waals surface area contributed by atoms with Crippen LogP contribution in [0, 0.1) is 20.8 Å². The molecule has 0 unspecified atom stereocenters. The normalized spacial score (nSPS) is 12.5. The predicted molar refractivity (Wildman–Crippen MR) is 92.1 cm³/mol. The summed E-state index contributed by atoms with van der Waals surface area (Å²) in [6.07, 6.45) is 1.55. The molecule has 0 radical (unpaired) electrons. The smallest absolute Gasteiger partial charge is 0.238 e. The third kappa shape index (κ3) is 3.23. The largest absolute Gasteiger partial charge is 0.360 e. The second-order valence-corrected chi connectivity index (χ2v) is 7.75. The fourth-order valence-electron chi connectivity index (χ4n) is 2.11. The summed E-state index contributed by atoms with van der Waals surface area (Å²) in [7, 11) is 0. The van der Waals surface area contributed by atoms with E-state index in [1.165, 1.54) is 22.2 Å². The van der Waals surface area contributed by atoms with E-state index in [-0.39, 0.29) is 11.2 Å². The first-order valence-electron chi connectivity index (χ1n) is 7.07. The monoisotopic (exact) mass is 348 g/mol. The molecule has 3 rings (SSSR count). The number of thiophene rings is 1. The van der Waals surface area contributed by atoms with Crippen LogP contribution in [0.2, 0.25) is 0 Å². The highest BCUT2D eigenvalue weighted by molar-refractivity contribution is 8.00. The molecule has 0 fully saturated rings. The van der Waals surface area contributed by atoms with Crippen LogP contribution in [0.25, 0.3) is 10.2 Å². The first-order chi connectivity index (χ1) is 11.0. The van der Waals surface area contributed by atoms with Gasteiger partial charge in [0.25, 0.3) is 0 Å². The van der Waals surface area contributed by atoms with E-state index in [1.807, 2.05) is 6.92 Å². The third-order valence-electron chi connectivity index (χ3n) is 3.47. The molecule has 3 aromatic heterocycles. The lowest BCUT2D eigenvalue weighted by atomic mass is 10.2. The van der Waals surface area contributed by atoms with Crippen molar-refractivity contribution in [3.8, 4) is 0 Å². The highest BCUT2D eigenvalue weighted by atomic mass is 32.2. The van der Waals surface area contributed by atoms with Gasteiger partial charge in [0.2, 0.25) is 5.91 Å². The van der Waals surface area contributed by atoms with Crippen LogP contribution in [0.5, 0.6) is 0 Å². The van der Waals surface area contributed by atoms with Gasteiger partial charge in [-0.3, -0.25) is 4.79 Å². The van der Waals surface area contributed by atoms with Crippen molar-refractivity contribution in [2.45, 2.75) is 38.0 Å². The minimum Gasteiger partial charge on any atom is -0.360 e. The van der Waals surface area contributed by atoms with Gasteiger partial charge in [-0.15, -0.1) is 11.3 Å². The summed E-state index contributed by atoms with van der Waals surface area (Å²) in [6, 6.07) is 1.69. The maximum Gasteiger partial charge on any atom is 0.238 e. The van der Waals surface area contributed by atoms with Gasteiger partial charge in [-0.25, -0.2) is 9.97 Å². The van der Waals surface area contributed by atoms with Crippen molar-refractivity contribution in [2.75, 3.05) is 5.32 Å². The lowest BCUT2D eigenvalue weighted by Gasteiger charge is -2.10. The van der Waals surface area contributed by atoms with Crippen LogP contribution in [0.1, 0.15) is 23.1 Å². The number of nitrogens with zero attached hydrogens (tertiary/aromatic N) is 3. The van der Waals surface area contributed by atoms with E-state index in [9.17, 15) is 4.79 Å². The standard InChI is InChI=1S/C15H16N4O2S2/c1-7-5-11(19-21-7)18-13(20)10(4)23-15-12-8(2)9(3)22-14(12)16-6-17-15/h5-6,10H,1-4H3,(H,18,19,20)/t10-/m0/s1. The Kier molecular flexibility index (Phi) is 4.36. The molecule has 6 nitrogen and oxygen atoms in total. The quantitative estimate of drug-likeness (QED) is 0.571. The Balaban J connectivity index is 1.80. The molecule has 1 atom stereocenters. The van der Waals surface area contributed by atoms with Crippen molar-refractivity contribution in [3.05, 3.63) is 28.6 Å². The summed E-state index contributed by atoms with van der Waals surface area (Å²) in [6.45, 7) is 7.75. The molecule has 120 valence electrons. The van der Waals surface area contributed by atoms with Gasteiger partial charge in [-0.05, 0) is 33.3 Å². The Morgan fingerprint density at radius 3 is 2.83 bits per heavy atom. The number of hydrogen-bond acceptors (Lipinski definition) is 7. The molecular weight excluding hydrogens is 332 g/mol. The molecule has 3 aromatic rings. The molecule has 23 heavy (non-hydrogen) atoms. The molecule has 0 spiro atoms. The molecule has 0 aliphatic carbocycles.